The largest absolute Gasteiger partial charge is 0.493 e. The number of amides is 1. The molecule has 0 aliphatic carbocycles. The summed E-state index contributed by atoms with van der Waals surface area (Å²) in [7, 11) is 0. The molecule has 0 saturated carbocycles. The number of benzene rings is 1. The van der Waals surface area contributed by atoms with Crippen molar-refractivity contribution in [2.45, 2.75) is 51.7 Å². The van der Waals surface area contributed by atoms with Crippen molar-refractivity contribution >= 4 is 23.8 Å². The normalized spacial score (nSPS) is 15.9. The number of hydrogen-bond donors (Lipinski definition) is 1. The van der Waals surface area contributed by atoms with Gasteiger partial charge in [-0.25, -0.2) is 18.7 Å². The van der Waals surface area contributed by atoms with E-state index in [9.17, 15) is 14.0 Å². The molecule has 1 aliphatic heterocycles. The first-order valence-corrected chi connectivity index (χ1v) is 11.7. The summed E-state index contributed by atoms with van der Waals surface area (Å²) < 4.78 is 27.0. The highest BCUT2D eigenvalue weighted by Gasteiger charge is 2.30. The standard InChI is InChI=1S/C25H30FN5O4/c1-25(2,3)35-24(33)27-10-5-13-34-21-8-7-18(26)14-19(21)20-6-4-11-30(20)22-9-12-31-23(29-22)17(16-32)15-28-31/h7-9,12,14-16,20H,4-6,10-11,13H2,1-3H3,(H,27,33)/t20-/m1/s1. The summed E-state index contributed by atoms with van der Waals surface area (Å²) in [6.45, 7) is 6.92. The molecule has 0 unspecified atom stereocenters. The number of nitrogens with zero attached hydrogens (tertiary/aromatic N) is 4. The topological polar surface area (TPSA) is 98.1 Å². The fourth-order valence-electron chi connectivity index (χ4n) is 4.15. The lowest BCUT2D eigenvalue weighted by Crippen LogP contribution is -2.33. The van der Waals surface area contributed by atoms with E-state index in [-0.39, 0.29) is 11.9 Å². The van der Waals surface area contributed by atoms with Gasteiger partial charge in [0.25, 0.3) is 0 Å². The SMILES string of the molecule is CC(C)(C)OC(=O)NCCCOc1ccc(F)cc1[C@H]1CCCN1c1ccn2ncc(C=O)c2n1. The number of rotatable bonds is 8. The van der Waals surface area contributed by atoms with Crippen molar-refractivity contribution in [3.05, 3.63) is 53.6 Å². The quantitative estimate of drug-likeness (QED) is 0.376. The highest BCUT2D eigenvalue weighted by Crippen LogP contribution is 2.39. The zero-order valence-corrected chi connectivity index (χ0v) is 20.2. The molecule has 1 aliphatic rings. The van der Waals surface area contributed by atoms with Gasteiger partial charge in [-0.1, -0.05) is 0 Å². The van der Waals surface area contributed by atoms with E-state index in [0.29, 0.717) is 42.4 Å². The van der Waals surface area contributed by atoms with Crippen molar-refractivity contribution in [1.82, 2.24) is 19.9 Å². The summed E-state index contributed by atoms with van der Waals surface area (Å²) in [5, 5.41) is 6.84. The minimum Gasteiger partial charge on any atom is -0.493 e. The van der Waals surface area contributed by atoms with Crippen LogP contribution in [0.25, 0.3) is 5.65 Å². The molecule has 1 saturated heterocycles. The average Bonchev–Trinajstić information content (AvgIpc) is 3.45. The van der Waals surface area contributed by atoms with Gasteiger partial charge < -0.3 is 19.7 Å². The van der Waals surface area contributed by atoms with Gasteiger partial charge in [0.1, 0.15) is 23.0 Å². The van der Waals surface area contributed by atoms with Gasteiger partial charge in [0.05, 0.1) is 24.4 Å². The van der Waals surface area contributed by atoms with Crippen molar-refractivity contribution in [3.8, 4) is 5.75 Å². The summed E-state index contributed by atoms with van der Waals surface area (Å²) in [5.41, 5.74) is 1.09. The molecule has 0 bridgehead atoms. The number of halogens is 1. The van der Waals surface area contributed by atoms with Crippen LogP contribution < -0.4 is 15.0 Å². The van der Waals surface area contributed by atoms with E-state index in [2.05, 4.69) is 20.3 Å². The molecule has 186 valence electrons. The molecule has 3 aromatic rings. The smallest absolute Gasteiger partial charge is 0.407 e. The van der Waals surface area contributed by atoms with Gasteiger partial charge in [0.2, 0.25) is 0 Å². The van der Waals surface area contributed by atoms with Crippen molar-refractivity contribution in [2.24, 2.45) is 0 Å². The molecular formula is C25H30FN5O4. The van der Waals surface area contributed by atoms with E-state index < -0.39 is 11.7 Å². The van der Waals surface area contributed by atoms with Crippen LogP contribution in [0, 0.1) is 5.82 Å². The third-order valence-corrected chi connectivity index (χ3v) is 5.63. The Morgan fingerprint density at radius 1 is 1.31 bits per heavy atom. The Hall–Kier alpha value is -3.69. The molecule has 1 atom stereocenters. The minimum atomic E-state index is -0.553. The lowest BCUT2D eigenvalue weighted by Gasteiger charge is -2.27. The molecule has 0 radical (unpaired) electrons. The first-order chi connectivity index (χ1) is 16.7. The molecule has 0 spiro atoms. The summed E-state index contributed by atoms with van der Waals surface area (Å²) in [5.74, 6) is 0.952. The molecule has 35 heavy (non-hydrogen) atoms. The Bertz CT molecular complexity index is 1210. The van der Waals surface area contributed by atoms with E-state index in [1.54, 1.807) is 16.8 Å². The van der Waals surface area contributed by atoms with Crippen LogP contribution in [0.3, 0.4) is 0 Å². The van der Waals surface area contributed by atoms with Gasteiger partial charge in [0, 0.05) is 24.8 Å². The second-order valence-electron chi connectivity index (χ2n) is 9.44. The van der Waals surface area contributed by atoms with E-state index in [0.717, 1.165) is 31.2 Å². The van der Waals surface area contributed by atoms with Crippen LogP contribution in [0.2, 0.25) is 0 Å². The molecular weight excluding hydrogens is 453 g/mol. The zero-order chi connectivity index (χ0) is 25.0. The summed E-state index contributed by atoms with van der Waals surface area (Å²) >= 11 is 0. The summed E-state index contributed by atoms with van der Waals surface area (Å²) in [4.78, 5) is 29.9. The molecule has 4 rings (SSSR count). The average molecular weight is 484 g/mol. The maximum atomic E-state index is 14.3. The van der Waals surface area contributed by atoms with Crippen LogP contribution in [0.5, 0.6) is 5.75 Å². The van der Waals surface area contributed by atoms with Gasteiger partial charge in [-0.05, 0) is 64.3 Å². The number of aromatic nitrogens is 3. The Labute approximate surface area is 203 Å². The second kappa shape index (κ2) is 10.3. The van der Waals surface area contributed by atoms with E-state index in [1.807, 2.05) is 26.8 Å². The van der Waals surface area contributed by atoms with Gasteiger partial charge in [-0.15, -0.1) is 0 Å². The maximum absolute atomic E-state index is 14.3. The van der Waals surface area contributed by atoms with Crippen LogP contribution in [0.4, 0.5) is 15.0 Å². The Kier molecular flexibility index (Phi) is 7.18. The van der Waals surface area contributed by atoms with Crippen LogP contribution in [0.15, 0.2) is 36.7 Å². The van der Waals surface area contributed by atoms with Crippen molar-refractivity contribution < 1.29 is 23.5 Å². The number of fused-ring (bicyclic) bond motifs is 1. The third-order valence-electron chi connectivity index (χ3n) is 5.63. The maximum Gasteiger partial charge on any atom is 0.407 e. The second-order valence-corrected chi connectivity index (χ2v) is 9.44. The predicted octanol–water partition coefficient (Wildman–Crippen LogP) is 4.32. The number of ether oxygens (including phenoxy) is 2. The summed E-state index contributed by atoms with van der Waals surface area (Å²) in [6.07, 6.45) is 5.80. The van der Waals surface area contributed by atoms with Gasteiger partial charge >= 0.3 is 6.09 Å². The minimum absolute atomic E-state index is 0.127. The van der Waals surface area contributed by atoms with Crippen LogP contribution >= 0.6 is 0 Å². The number of alkyl carbamates (subject to hydrolysis) is 1. The van der Waals surface area contributed by atoms with Crippen LogP contribution in [0.1, 0.15) is 62.0 Å². The van der Waals surface area contributed by atoms with Crippen molar-refractivity contribution in [3.63, 3.8) is 0 Å². The number of aldehydes is 1. The number of nitrogens with one attached hydrogen (secondary N) is 1. The Morgan fingerprint density at radius 3 is 2.91 bits per heavy atom. The van der Waals surface area contributed by atoms with Crippen LogP contribution in [-0.2, 0) is 4.74 Å². The number of carbonyl (C=O) groups excluding carboxylic acids is 2. The van der Waals surface area contributed by atoms with Gasteiger partial charge in [-0.3, -0.25) is 4.79 Å². The van der Waals surface area contributed by atoms with Gasteiger partial charge in [0.15, 0.2) is 11.9 Å². The van der Waals surface area contributed by atoms with E-state index >= 15 is 0 Å². The van der Waals surface area contributed by atoms with Gasteiger partial charge in [-0.2, -0.15) is 5.10 Å². The Morgan fingerprint density at radius 2 is 2.14 bits per heavy atom. The number of anilines is 1. The van der Waals surface area contributed by atoms with Crippen molar-refractivity contribution in [2.75, 3.05) is 24.6 Å². The molecule has 1 N–H and O–H groups in total. The fraction of sp³-hybridized carbons (Fsp3) is 0.440. The van der Waals surface area contributed by atoms with E-state index in [1.165, 1.54) is 18.3 Å². The summed E-state index contributed by atoms with van der Waals surface area (Å²) in [6, 6.07) is 6.24. The van der Waals surface area contributed by atoms with Crippen LogP contribution in [-0.4, -0.2) is 52.3 Å². The predicted molar refractivity (Wildman–Crippen MR) is 128 cm³/mol. The van der Waals surface area contributed by atoms with E-state index in [4.69, 9.17) is 9.47 Å². The highest BCUT2D eigenvalue weighted by atomic mass is 19.1. The molecule has 1 aromatic carbocycles. The molecule has 10 heteroatoms. The molecule has 2 aromatic heterocycles. The number of hydrogen-bond acceptors (Lipinski definition) is 7. The zero-order valence-electron chi connectivity index (χ0n) is 20.2. The van der Waals surface area contributed by atoms with Crippen molar-refractivity contribution in [1.29, 1.82) is 0 Å². The monoisotopic (exact) mass is 483 g/mol. The first-order valence-electron chi connectivity index (χ1n) is 11.7. The molecule has 1 fully saturated rings. The highest BCUT2D eigenvalue weighted by molar-refractivity contribution is 5.84. The lowest BCUT2D eigenvalue weighted by molar-refractivity contribution is 0.0525. The fourth-order valence-corrected chi connectivity index (χ4v) is 4.15. The molecule has 9 nitrogen and oxygen atoms in total. The Balaban J connectivity index is 1.45. The first kappa shape index (κ1) is 24.4. The lowest BCUT2D eigenvalue weighted by atomic mass is 10.0. The number of carbonyl (C=O) groups is 2. The third kappa shape index (κ3) is 5.87. The molecule has 1 amide bonds. The molecule has 3 heterocycles.